The molecule has 0 radical (unpaired) electrons. The van der Waals surface area contributed by atoms with Crippen LogP contribution in [0.3, 0.4) is 0 Å². The molecule has 1 heterocycles. The molecule has 132 valence electrons. The Morgan fingerprint density at radius 2 is 1.92 bits per heavy atom. The predicted molar refractivity (Wildman–Crippen MR) is 89.1 cm³/mol. The van der Waals surface area contributed by atoms with Gasteiger partial charge in [-0.3, -0.25) is 9.78 Å². The second-order valence-corrected chi connectivity index (χ2v) is 6.32. The SMILES string of the molecule is COc1cnccc1CNC(=O)C1(c2cc(F)cc(F)c2)CCCC1. The van der Waals surface area contributed by atoms with E-state index in [0.717, 1.165) is 24.5 Å². The Balaban J connectivity index is 1.84. The molecule has 1 saturated carbocycles. The normalized spacial score (nSPS) is 15.8. The first-order valence-electron chi connectivity index (χ1n) is 8.27. The lowest BCUT2D eigenvalue weighted by Crippen LogP contribution is -2.42. The molecule has 1 aliphatic carbocycles. The van der Waals surface area contributed by atoms with Crippen LogP contribution >= 0.6 is 0 Å². The molecule has 0 aliphatic heterocycles. The van der Waals surface area contributed by atoms with E-state index in [4.69, 9.17) is 4.74 Å². The van der Waals surface area contributed by atoms with Gasteiger partial charge in [-0.15, -0.1) is 0 Å². The molecule has 1 aliphatic rings. The van der Waals surface area contributed by atoms with Crippen LogP contribution in [0, 0.1) is 11.6 Å². The number of ether oxygens (including phenoxy) is 1. The molecule has 1 aromatic heterocycles. The highest BCUT2D eigenvalue weighted by molar-refractivity contribution is 5.88. The summed E-state index contributed by atoms with van der Waals surface area (Å²) in [6.45, 7) is 0.268. The molecule has 1 aromatic carbocycles. The Hall–Kier alpha value is -2.50. The number of methoxy groups -OCH3 is 1. The molecular formula is C19H20F2N2O2. The average molecular weight is 346 g/mol. The largest absolute Gasteiger partial charge is 0.495 e. The topological polar surface area (TPSA) is 51.2 Å². The van der Waals surface area contributed by atoms with Crippen molar-refractivity contribution in [1.82, 2.24) is 10.3 Å². The molecule has 0 bridgehead atoms. The summed E-state index contributed by atoms with van der Waals surface area (Å²) in [5.74, 6) is -0.955. The number of pyridine rings is 1. The first kappa shape index (κ1) is 17.3. The number of nitrogens with zero attached hydrogens (tertiary/aromatic N) is 1. The minimum atomic E-state index is -0.886. The van der Waals surface area contributed by atoms with Crippen molar-refractivity contribution in [3.05, 3.63) is 59.4 Å². The maximum Gasteiger partial charge on any atom is 0.230 e. The van der Waals surface area contributed by atoms with Crippen LogP contribution in [0.4, 0.5) is 8.78 Å². The second-order valence-electron chi connectivity index (χ2n) is 6.32. The molecule has 6 heteroatoms. The van der Waals surface area contributed by atoms with E-state index in [9.17, 15) is 13.6 Å². The molecule has 0 saturated heterocycles. The summed E-state index contributed by atoms with van der Waals surface area (Å²) in [7, 11) is 1.54. The van der Waals surface area contributed by atoms with E-state index in [2.05, 4.69) is 10.3 Å². The number of rotatable bonds is 5. The summed E-state index contributed by atoms with van der Waals surface area (Å²) in [5.41, 5.74) is 0.314. The van der Waals surface area contributed by atoms with Crippen LogP contribution in [0.2, 0.25) is 0 Å². The predicted octanol–water partition coefficient (Wildman–Crippen LogP) is 3.50. The summed E-state index contributed by atoms with van der Waals surface area (Å²) in [6.07, 6.45) is 6.06. The quantitative estimate of drug-likeness (QED) is 0.902. The Morgan fingerprint density at radius 1 is 1.24 bits per heavy atom. The molecule has 1 fully saturated rings. The molecule has 3 rings (SSSR count). The van der Waals surface area contributed by atoms with Gasteiger partial charge >= 0.3 is 0 Å². The van der Waals surface area contributed by atoms with Gasteiger partial charge in [-0.1, -0.05) is 12.8 Å². The molecule has 25 heavy (non-hydrogen) atoms. The summed E-state index contributed by atoms with van der Waals surface area (Å²) >= 11 is 0. The summed E-state index contributed by atoms with van der Waals surface area (Å²) < 4.78 is 32.6. The number of aromatic nitrogens is 1. The number of carbonyl (C=O) groups is 1. The second kappa shape index (κ2) is 7.17. The van der Waals surface area contributed by atoms with Crippen LogP contribution in [0.5, 0.6) is 5.75 Å². The average Bonchev–Trinajstić information content (AvgIpc) is 3.10. The number of halogens is 2. The molecule has 0 spiro atoms. The van der Waals surface area contributed by atoms with Gasteiger partial charge in [0, 0.05) is 24.4 Å². The Labute approximate surface area is 145 Å². The highest BCUT2D eigenvalue weighted by Crippen LogP contribution is 2.42. The lowest BCUT2D eigenvalue weighted by molar-refractivity contribution is -0.126. The van der Waals surface area contributed by atoms with Crippen molar-refractivity contribution < 1.29 is 18.3 Å². The third-order valence-corrected chi connectivity index (χ3v) is 4.84. The third-order valence-electron chi connectivity index (χ3n) is 4.84. The van der Waals surface area contributed by atoms with Gasteiger partial charge in [-0.05, 0) is 36.6 Å². The number of amides is 1. The van der Waals surface area contributed by atoms with E-state index in [1.807, 2.05) is 0 Å². The lowest BCUT2D eigenvalue weighted by Gasteiger charge is -2.28. The monoisotopic (exact) mass is 346 g/mol. The van der Waals surface area contributed by atoms with Crippen molar-refractivity contribution in [3.8, 4) is 5.75 Å². The Kier molecular flexibility index (Phi) is 4.97. The Bertz CT molecular complexity index is 754. The van der Waals surface area contributed by atoms with Crippen LogP contribution in [0.25, 0.3) is 0 Å². The number of benzene rings is 1. The molecule has 2 aromatic rings. The standard InChI is InChI=1S/C19H20F2N2O2/c1-25-17-12-22-7-4-13(17)11-23-18(24)19(5-2-3-6-19)14-8-15(20)10-16(21)9-14/h4,7-10,12H,2-3,5-6,11H2,1H3,(H,23,24). The van der Waals surface area contributed by atoms with Crippen molar-refractivity contribution in [1.29, 1.82) is 0 Å². The minimum Gasteiger partial charge on any atom is -0.495 e. The highest BCUT2D eigenvalue weighted by atomic mass is 19.1. The molecule has 4 nitrogen and oxygen atoms in total. The zero-order chi connectivity index (χ0) is 17.9. The van der Waals surface area contributed by atoms with Gasteiger partial charge in [-0.25, -0.2) is 8.78 Å². The van der Waals surface area contributed by atoms with Crippen LogP contribution in [-0.2, 0) is 16.8 Å². The van der Waals surface area contributed by atoms with Gasteiger partial charge < -0.3 is 10.1 Å². The van der Waals surface area contributed by atoms with E-state index in [0.29, 0.717) is 24.2 Å². The van der Waals surface area contributed by atoms with Crippen molar-refractivity contribution in [3.63, 3.8) is 0 Å². The van der Waals surface area contributed by atoms with Gasteiger partial charge in [0.2, 0.25) is 5.91 Å². The van der Waals surface area contributed by atoms with E-state index in [1.165, 1.54) is 19.2 Å². The zero-order valence-corrected chi connectivity index (χ0v) is 14.0. The fourth-order valence-corrected chi connectivity index (χ4v) is 3.54. The van der Waals surface area contributed by atoms with Crippen LogP contribution in [-0.4, -0.2) is 18.0 Å². The van der Waals surface area contributed by atoms with Gasteiger partial charge in [0.05, 0.1) is 18.7 Å². The van der Waals surface area contributed by atoms with Gasteiger partial charge in [0.15, 0.2) is 0 Å². The number of hydrogen-bond donors (Lipinski definition) is 1. The van der Waals surface area contributed by atoms with Crippen molar-refractivity contribution >= 4 is 5.91 Å². The third kappa shape index (κ3) is 3.48. The molecular weight excluding hydrogens is 326 g/mol. The molecule has 1 N–H and O–H groups in total. The smallest absolute Gasteiger partial charge is 0.230 e. The lowest BCUT2D eigenvalue weighted by atomic mass is 9.78. The van der Waals surface area contributed by atoms with Crippen molar-refractivity contribution in [2.45, 2.75) is 37.6 Å². The van der Waals surface area contributed by atoms with Crippen molar-refractivity contribution in [2.24, 2.45) is 0 Å². The fourth-order valence-electron chi connectivity index (χ4n) is 3.54. The fraction of sp³-hybridized carbons (Fsp3) is 0.368. The van der Waals surface area contributed by atoms with Crippen LogP contribution in [0.15, 0.2) is 36.7 Å². The number of carbonyl (C=O) groups excluding carboxylic acids is 1. The Morgan fingerprint density at radius 3 is 2.56 bits per heavy atom. The molecule has 0 unspecified atom stereocenters. The highest BCUT2D eigenvalue weighted by Gasteiger charge is 2.43. The first-order chi connectivity index (χ1) is 12.0. The summed E-state index contributed by atoms with van der Waals surface area (Å²) in [5, 5.41) is 2.90. The number of nitrogens with one attached hydrogen (secondary N) is 1. The van der Waals surface area contributed by atoms with Gasteiger partial charge in [-0.2, -0.15) is 0 Å². The molecule has 1 amide bonds. The summed E-state index contributed by atoms with van der Waals surface area (Å²) in [4.78, 5) is 16.9. The van der Waals surface area contributed by atoms with E-state index < -0.39 is 17.0 Å². The van der Waals surface area contributed by atoms with Crippen LogP contribution < -0.4 is 10.1 Å². The molecule has 0 atom stereocenters. The van der Waals surface area contributed by atoms with Gasteiger partial charge in [0.25, 0.3) is 0 Å². The van der Waals surface area contributed by atoms with Gasteiger partial charge in [0.1, 0.15) is 17.4 Å². The van der Waals surface area contributed by atoms with Crippen molar-refractivity contribution in [2.75, 3.05) is 7.11 Å². The van der Waals surface area contributed by atoms with Crippen LogP contribution in [0.1, 0.15) is 36.8 Å². The van der Waals surface area contributed by atoms with E-state index in [-0.39, 0.29) is 12.5 Å². The first-order valence-corrected chi connectivity index (χ1v) is 8.27. The summed E-state index contributed by atoms with van der Waals surface area (Å²) in [6, 6.07) is 5.12. The minimum absolute atomic E-state index is 0.214. The van der Waals surface area contributed by atoms with E-state index in [1.54, 1.807) is 18.5 Å². The van der Waals surface area contributed by atoms with E-state index >= 15 is 0 Å². The maximum atomic E-state index is 13.7. The zero-order valence-electron chi connectivity index (χ0n) is 14.0. The maximum absolute atomic E-state index is 13.7. The number of hydrogen-bond acceptors (Lipinski definition) is 3.